The van der Waals surface area contributed by atoms with Crippen molar-refractivity contribution in [1.29, 1.82) is 0 Å². The second-order valence-electron chi connectivity index (χ2n) is 18.9. The highest BCUT2D eigenvalue weighted by Gasteiger charge is 2.40. The molecule has 18 heteroatoms. The van der Waals surface area contributed by atoms with Crippen LogP contribution in [0.1, 0.15) is 101 Å². The largest absolute Gasteiger partial charge is 0.372 e. The molecule has 2 aromatic heterocycles. The first-order valence-corrected chi connectivity index (χ1v) is 25.0. The summed E-state index contributed by atoms with van der Waals surface area (Å²) in [6.45, 7) is 4.93. The quantitative estimate of drug-likeness (QED) is 0.0927. The number of piperidine rings is 2. The lowest BCUT2D eigenvalue weighted by atomic mass is 9.87. The Balaban J connectivity index is 0.722. The zero-order valence-electron chi connectivity index (χ0n) is 37.5. The minimum atomic E-state index is -4.35. The first-order valence-electron chi connectivity index (χ1n) is 23.6. The lowest BCUT2D eigenvalue weighted by Crippen LogP contribution is -2.52. The van der Waals surface area contributed by atoms with Gasteiger partial charge in [0, 0.05) is 85.8 Å². The lowest BCUT2D eigenvalue weighted by molar-refractivity contribution is -0.136. The standard InChI is InChI=1S/C50H53F3N8O6S/c51-36-17-22-60(29-36)68(66,67)57-42-12-11-41(52)45(46(42)53)47(63)40-26-55-48-39(40)24-34(25-54-48)32-7-5-31(6-8-32)33-15-20-58(21-16-33)27-30-3-1-18-59(19-2-4-30)37-9-10-38-35(23-37)28-61(50(38)65)43-13-14-44(62)56-49(43)64/h5-12,23-26,30,33,36,43,57H,1-4,13-22,27-29H2,(H,54,55)(H,56,62,64)/t36-,43?/m1/s1. The number of fused-ring (bicyclic) bond motifs is 2. The van der Waals surface area contributed by atoms with Crippen molar-refractivity contribution in [1.82, 2.24) is 29.4 Å². The molecule has 3 N–H and O–H groups in total. The summed E-state index contributed by atoms with van der Waals surface area (Å²) in [6, 6.07) is 17.2. The molecule has 356 valence electrons. The number of pyridine rings is 1. The molecule has 5 aliphatic rings. The van der Waals surface area contributed by atoms with E-state index < -0.39 is 57.0 Å². The van der Waals surface area contributed by atoms with Crippen molar-refractivity contribution in [2.75, 3.05) is 55.4 Å². The summed E-state index contributed by atoms with van der Waals surface area (Å²) in [6.07, 6.45) is 8.80. The zero-order valence-corrected chi connectivity index (χ0v) is 38.3. The predicted molar refractivity (Wildman–Crippen MR) is 250 cm³/mol. The molecular weight excluding hydrogens is 898 g/mol. The minimum absolute atomic E-state index is 0.00663. The van der Waals surface area contributed by atoms with Crippen LogP contribution in [0.4, 0.5) is 24.5 Å². The Labute approximate surface area is 392 Å². The van der Waals surface area contributed by atoms with Crippen LogP contribution >= 0.6 is 0 Å². The van der Waals surface area contributed by atoms with Crippen LogP contribution in [-0.2, 0) is 26.3 Å². The number of benzene rings is 3. The summed E-state index contributed by atoms with van der Waals surface area (Å²) < 4.78 is 73.2. The zero-order chi connectivity index (χ0) is 47.3. The molecule has 0 saturated carbocycles. The van der Waals surface area contributed by atoms with E-state index in [0.717, 1.165) is 105 Å². The second-order valence-corrected chi connectivity index (χ2v) is 20.5. The number of hydrogen-bond donors (Lipinski definition) is 3. The van der Waals surface area contributed by atoms with Crippen LogP contribution in [0.2, 0.25) is 0 Å². The maximum Gasteiger partial charge on any atom is 0.301 e. The van der Waals surface area contributed by atoms with Crippen molar-refractivity contribution in [3.05, 3.63) is 113 Å². The fourth-order valence-electron chi connectivity index (χ4n) is 10.8. The number of anilines is 2. The summed E-state index contributed by atoms with van der Waals surface area (Å²) >= 11 is 0. The van der Waals surface area contributed by atoms with Gasteiger partial charge in [0.1, 0.15) is 23.7 Å². The number of alkyl halides is 1. The van der Waals surface area contributed by atoms with Crippen LogP contribution in [0.15, 0.2) is 73.1 Å². The van der Waals surface area contributed by atoms with Gasteiger partial charge in [0.05, 0.1) is 11.3 Å². The van der Waals surface area contributed by atoms with E-state index in [1.54, 1.807) is 17.2 Å². The third-order valence-electron chi connectivity index (χ3n) is 14.5. The summed E-state index contributed by atoms with van der Waals surface area (Å²) in [7, 11) is -4.35. The van der Waals surface area contributed by atoms with Gasteiger partial charge >= 0.3 is 10.2 Å². The number of amides is 3. The Kier molecular flexibility index (Phi) is 12.6. The van der Waals surface area contributed by atoms with Crippen LogP contribution < -0.4 is 14.9 Å². The van der Waals surface area contributed by atoms with E-state index in [9.17, 15) is 32.0 Å². The molecule has 4 fully saturated rings. The van der Waals surface area contributed by atoms with Gasteiger partial charge in [-0.3, -0.25) is 29.2 Å². The Morgan fingerprint density at radius 3 is 2.34 bits per heavy atom. The number of aromatic amines is 1. The monoisotopic (exact) mass is 950 g/mol. The average molecular weight is 951 g/mol. The first-order chi connectivity index (χ1) is 32.8. The molecule has 7 heterocycles. The molecule has 68 heavy (non-hydrogen) atoms. The van der Waals surface area contributed by atoms with Gasteiger partial charge in [0.25, 0.3) is 5.91 Å². The number of nitrogens with one attached hydrogen (secondary N) is 3. The summed E-state index contributed by atoms with van der Waals surface area (Å²) in [5.41, 5.74) is 4.24. The topological polar surface area (TPSA) is 168 Å². The summed E-state index contributed by atoms with van der Waals surface area (Å²) in [5.74, 6) is -3.32. The molecule has 0 bridgehead atoms. The molecule has 0 aliphatic carbocycles. The van der Waals surface area contributed by atoms with E-state index >= 15 is 8.78 Å². The molecule has 3 amide bonds. The summed E-state index contributed by atoms with van der Waals surface area (Å²) in [4.78, 5) is 65.2. The molecule has 0 radical (unpaired) electrons. The molecule has 1 unspecified atom stereocenters. The number of rotatable bonds is 11. The number of halogens is 3. The predicted octanol–water partition coefficient (Wildman–Crippen LogP) is 7.08. The maximum atomic E-state index is 15.8. The van der Waals surface area contributed by atoms with Crippen molar-refractivity contribution >= 4 is 56.1 Å². The maximum absolute atomic E-state index is 15.8. The minimum Gasteiger partial charge on any atom is -0.372 e. The number of nitrogens with zero attached hydrogens (tertiary/aromatic N) is 5. The van der Waals surface area contributed by atoms with Crippen molar-refractivity contribution in [2.45, 2.75) is 82.5 Å². The van der Waals surface area contributed by atoms with Gasteiger partial charge in [-0.15, -0.1) is 0 Å². The Morgan fingerprint density at radius 1 is 0.853 bits per heavy atom. The van der Waals surface area contributed by atoms with Crippen LogP contribution in [0.5, 0.6) is 0 Å². The number of ketones is 1. The fraction of sp³-hybridized carbons (Fsp3) is 0.420. The highest BCUT2D eigenvalue weighted by Crippen LogP contribution is 2.35. The van der Waals surface area contributed by atoms with E-state index in [1.165, 1.54) is 11.8 Å². The molecule has 2 atom stereocenters. The molecule has 5 aromatic rings. The number of hydrogen-bond acceptors (Lipinski definition) is 9. The Hall–Kier alpha value is -6.11. The molecule has 10 rings (SSSR count). The number of carbonyl (C=O) groups excluding carboxylic acids is 4. The fourth-order valence-corrected chi connectivity index (χ4v) is 12.1. The Morgan fingerprint density at radius 2 is 1.62 bits per heavy atom. The number of carbonyl (C=O) groups is 4. The molecule has 14 nitrogen and oxygen atoms in total. The first kappa shape index (κ1) is 45.7. The van der Waals surface area contributed by atoms with Crippen LogP contribution in [0.3, 0.4) is 0 Å². The molecule has 3 aromatic carbocycles. The summed E-state index contributed by atoms with van der Waals surface area (Å²) in [5, 5.41) is 2.72. The van der Waals surface area contributed by atoms with Crippen LogP contribution in [0.25, 0.3) is 22.2 Å². The van der Waals surface area contributed by atoms with Crippen molar-refractivity contribution in [2.24, 2.45) is 5.92 Å². The Bertz CT molecular complexity index is 2900. The van der Waals surface area contributed by atoms with E-state index in [2.05, 4.69) is 43.3 Å². The van der Waals surface area contributed by atoms with E-state index in [1.807, 2.05) is 29.0 Å². The lowest BCUT2D eigenvalue weighted by Gasteiger charge is -2.36. The average Bonchev–Trinajstić information content (AvgIpc) is 4.05. The molecule has 0 spiro atoms. The van der Waals surface area contributed by atoms with Gasteiger partial charge in [0.2, 0.25) is 17.6 Å². The number of likely N-dealkylation sites (tertiary alicyclic amines) is 1. The van der Waals surface area contributed by atoms with E-state index in [0.29, 0.717) is 47.0 Å². The number of H-pyrrole nitrogens is 1. The van der Waals surface area contributed by atoms with Crippen LogP contribution in [-0.4, -0.2) is 114 Å². The van der Waals surface area contributed by atoms with Gasteiger partial charge < -0.3 is 19.7 Å². The van der Waals surface area contributed by atoms with Gasteiger partial charge in [-0.25, -0.2) is 18.2 Å². The second kappa shape index (κ2) is 18.8. The van der Waals surface area contributed by atoms with Crippen molar-refractivity contribution in [3.8, 4) is 11.1 Å². The van der Waals surface area contributed by atoms with Gasteiger partial charge in [-0.1, -0.05) is 24.3 Å². The van der Waals surface area contributed by atoms with Crippen molar-refractivity contribution in [3.63, 3.8) is 0 Å². The van der Waals surface area contributed by atoms with Gasteiger partial charge in [-0.05, 0) is 129 Å². The van der Waals surface area contributed by atoms with Crippen molar-refractivity contribution < 1.29 is 40.8 Å². The highest BCUT2D eigenvalue weighted by molar-refractivity contribution is 7.90. The molecular formula is C50H53F3N8O6S. The van der Waals surface area contributed by atoms with E-state index in [-0.39, 0.29) is 43.3 Å². The van der Waals surface area contributed by atoms with E-state index in [4.69, 9.17) is 0 Å². The smallest absolute Gasteiger partial charge is 0.301 e. The normalized spacial score (nSPS) is 21.5. The third kappa shape index (κ3) is 9.12. The van der Waals surface area contributed by atoms with Gasteiger partial charge in [0.15, 0.2) is 5.82 Å². The number of aromatic nitrogens is 2. The highest BCUT2D eigenvalue weighted by atomic mass is 32.2. The van der Waals surface area contributed by atoms with Crippen LogP contribution in [0, 0.1) is 17.6 Å². The van der Waals surface area contributed by atoms with Gasteiger partial charge in [-0.2, -0.15) is 12.7 Å². The number of imide groups is 1. The third-order valence-corrected chi connectivity index (χ3v) is 16.0. The molecule has 4 saturated heterocycles. The molecule has 5 aliphatic heterocycles. The SMILES string of the molecule is O=C1CCC(N2Cc3cc(N4CCCC(CN5CCC(c6ccc(-c7cnc8[nH]cc(C(=O)c9c(F)ccc(NS(=O)(=O)N%10CC[C@@H](F)C%10)c9F)c8c7)cc6)CC5)CCC4)ccc3C2=O)C(=O)N1.